The number of amidine groups is 2. The molecule has 0 unspecified atom stereocenters. The van der Waals surface area contributed by atoms with Crippen LogP contribution in [0.25, 0.3) is 0 Å². The molecule has 0 radical (unpaired) electrons. The molecule has 0 N–H and O–H groups in total. The molecule has 28 heavy (non-hydrogen) atoms. The number of para-hydroxylation sites is 2. The summed E-state index contributed by atoms with van der Waals surface area (Å²) in [5, 5.41) is 9.38. The number of hydrogen-bond donors (Lipinski definition) is 0. The third-order valence-electron chi connectivity index (χ3n) is 5.50. The fourth-order valence-corrected chi connectivity index (χ4v) is 3.99. The van der Waals surface area contributed by atoms with E-state index in [-0.39, 0.29) is 0 Å². The first kappa shape index (κ1) is 16.8. The number of fused-ring (bicyclic) bond motifs is 2. The summed E-state index contributed by atoms with van der Waals surface area (Å²) in [7, 11) is 2.07. The van der Waals surface area contributed by atoms with Crippen LogP contribution in [0.1, 0.15) is 16.7 Å². The fraction of sp³-hybridized carbons (Fsp3) is 0.167. The number of likely N-dealkylation sites (N-methyl/N-ethyl adjacent to an activating group) is 1. The number of nitrogens with zero attached hydrogens (tertiary/aromatic N) is 4. The Labute approximate surface area is 165 Å². The highest BCUT2D eigenvalue weighted by molar-refractivity contribution is 6.07. The molecule has 138 valence electrons. The Hall–Kier alpha value is -3.40. The largest absolute Gasteiger partial charge is 0.331 e. The second-order valence-electron chi connectivity index (χ2n) is 7.27. The van der Waals surface area contributed by atoms with Gasteiger partial charge in [-0.15, -0.1) is 10.2 Å². The molecule has 0 aliphatic carbocycles. The lowest BCUT2D eigenvalue weighted by atomic mass is 10.1. The highest BCUT2D eigenvalue weighted by Crippen LogP contribution is 2.31. The molecule has 2 heterocycles. The molecule has 4 nitrogen and oxygen atoms in total. The summed E-state index contributed by atoms with van der Waals surface area (Å²) in [6.07, 6.45) is 1.64. The summed E-state index contributed by atoms with van der Waals surface area (Å²) in [5.41, 5.74) is 6.33. The summed E-state index contributed by atoms with van der Waals surface area (Å²) in [4.78, 5) is 4.43. The monoisotopic (exact) mass is 366 g/mol. The summed E-state index contributed by atoms with van der Waals surface area (Å²) >= 11 is 0. The van der Waals surface area contributed by atoms with Crippen molar-refractivity contribution in [3.8, 4) is 0 Å². The van der Waals surface area contributed by atoms with Gasteiger partial charge in [-0.05, 0) is 28.8 Å². The standard InChI is InChI=1S/C24H22N4/c1-27-21-13-7-5-11-19(21)15-23(27)25-26-24-16-20-12-6-8-14-22(20)28(24)17-18-9-3-2-4-10-18/h2-14H,15-17H2,1H3/b25-23-,26-24-. The Balaban J connectivity index is 1.47. The normalized spacial score (nSPS) is 18.0. The molecule has 4 heteroatoms. The fourth-order valence-electron chi connectivity index (χ4n) is 3.99. The smallest absolute Gasteiger partial charge is 0.136 e. The number of anilines is 2. The maximum absolute atomic E-state index is 4.72. The Morgan fingerprint density at radius 2 is 1.25 bits per heavy atom. The maximum atomic E-state index is 4.72. The van der Waals surface area contributed by atoms with Crippen LogP contribution in [0.3, 0.4) is 0 Å². The number of hydrogen-bond acceptors (Lipinski definition) is 2. The highest BCUT2D eigenvalue weighted by atomic mass is 15.4. The first-order valence-electron chi connectivity index (χ1n) is 9.64. The van der Waals surface area contributed by atoms with Gasteiger partial charge in [0.2, 0.25) is 0 Å². The van der Waals surface area contributed by atoms with Gasteiger partial charge in [0.25, 0.3) is 0 Å². The van der Waals surface area contributed by atoms with Gasteiger partial charge in [-0.2, -0.15) is 0 Å². The predicted octanol–water partition coefficient (Wildman–Crippen LogP) is 4.65. The summed E-state index contributed by atoms with van der Waals surface area (Å²) in [6, 6.07) is 27.5. The Morgan fingerprint density at radius 3 is 2.00 bits per heavy atom. The Bertz CT molecular complexity index is 1070. The van der Waals surface area contributed by atoms with E-state index in [1.54, 1.807) is 0 Å². The van der Waals surface area contributed by atoms with Crippen LogP contribution in [0, 0.1) is 0 Å². The molecule has 0 spiro atoms. The van der Waals surface area contributed by atoms with Gasteiger partial charge in [-0.1, -0.05) is 66.7 Å². The van der Waals surface area contributed by atoms with E-state index in [1.807, 2.05) is 0 Å². The Kier molecular flexibility index (Phi) is 4.17. The minimum atomic E-state index is 0.803. The number of rotatable bonds is 3. The second-order valence-corrected chi connectivity index (χ2v) is 7.27. The van der Waals surface area contributed by atoms with Crippen LogP contribution in [-0.4, -0.2) is 18.7 Å². The topological polar surface area (TPSA) is 31.2 Å². The van der Waals surface area contributed by atoms with Crippen LogP contribution in [0.15, 0.2) is 89.1 Å². The lowest BCUT2D eigenvalue weighted by molar-refractivity contribution is 0.998. The van der Waals surface area contributed by atoms with E-state index in [0.29, 0.717) is 0 Å². The van der Waals surface area contributed by atoms with E-state index in [2.05, 4.69) is 101 Å². The van der Waals surface area contributed by atoms with Crippen LogP contribution < -0.4 is 9.80 Å². The molecule has 3 aromatic carbocycles. The lowest BCUT2D eigenvalue weighted by Crippen LogP contribution is -2.27. The first-order valence-corrected chi connectivity index (χ1v) is 9.64. The van der Waals surface area contributed by atoms with Crippen LogP contribution in [0.5, 0.6) is 0 Å². The second kappa shape index (κ2) is 6.97. The number of benzene rings is 3. The first-order chi connectivity index (χ1) is 13.8. The zero-order valence-corrected chi connectivity index (χ0v) is 15.9. The molecule has 0 aromatic heterocycles. The van der Waals surface area contributed by atoms with E-state index < -0.39 is 0 Å². The molecule has 5 rings (SSSR count). The zero-order chi connectivity index (χ0) is 18.9. The third-order valence-corrected chi connectivity index (χ3v) is 5.50. The lowest BCUT2D eigenvalue weighted by Gasteiger charge is -2.20. The van der Waals surface area contributed by atoms with E-state index in [0.717, 1.165) is 31.1 Å². The van der Waals surface area contributed by atoms with Crippen LogP contribution in [0.4, 0.5) is 11.4 Å². The maximum Gasteiger partial charge on any atom is 0.136 e. The third kappa shape index (κ3) is 2.97. The van der Waals surface area contributed by atoms with Crippen LogP contribution in [0.2, 0.25) is 0 Å². The Morgan fingerprint density at radius 1 is 0.679 bits per heavy atom. The van der Waals surface area contributed by atoms with Crippen LogP contribution >= 0.6 is 0 Å². The minimum absolute atomic E-state index is 0.803. The van der Waals surface area contributed by atoms with Crippen molar-refractivity contribution in [1.82, 2.24) is 0 Å². The van der Waals surface area contributed by atoms with Crippen molar-refractivity contribution < 1.29 is 0 Å². The van der Waals surface area contributed by atoms with Gasteiger partial charge in [0, 0.05) is 37.8 Å². The molecule has 0 atom stereocenters. The summed E-state index contributed by atoms with van der Waals surface area (Å²) in [6.45, 7) is 0.803. The van der Waals surface area contributed by atoms with Crippen molar-refractivity contribution >= 4 is 23.0 Å². The SMILES string of the molecule is CN1/C(=N\N=C2\Cc3ccccc3N2Cc2ccccc2)Cc2ccccc21. The van der Waals surface area contributed by atoms with Crippen molar-refractivity contribution in [1.29, 1.82) is 0 Å². The van der Waals surface area contributed by atoms with E-state index in [1.165, 1.54) is 28.1 Å². The minimum Gasteiger partial charge on any atom is -0.331 e. The van der Waals surface area contributed by atoms with Crippen molar-refractivity contribution in [3.63, 3.8) is 0 Å². The molecule has 0 amide bonds. The summed E-state index contributed by atoms with van der Waals surface area (Å²) < 4.78 is 0. The molecular weight excluding hydrogens is 344 g/mol. The van der Waals surface area contributed by atoms with Gasteiger partial charge in [-0.25, -0.2) is 0 Å². The van der Waals surface area contributed by atoms with Crippen molar-refractivity contribution in [2.45, 2.75) is 19.4 Å². The molecule has 2 aliphatic rings. The van der Waals surface area contributed by atoms with E-state index in [9.17, 15) is 0 Å². The molecule has 3 aromatic rings. The molecule has 0 fully saturated rings. The van der Waals surface area contributed by atoms with Crippen molar-refractivity contribution in [3.05, 3.63) is 95.6 Å². The van der Waals surface area contributed by atoms with E-state index >= 15 is 0 Å². The molecule has 2 aliphatic heterocycles. The van der Waals surface area contributed by atoms with Gasteiger partial charge >= 0.3 is 0 Å². The van der Waals surface area contributed by atoms with E-state index in [4.69, 9.17) is 5.10 Å². The van der Waals surface area contributed by atoms with Gasteiger partial charge < -0.3 is 9.80 Å². The van der Waals surface area contributed by atoms with Gasteiger partial charge in [0.1, 0.15) is 11.7 Å². The zero-order valence-electron chi connectivity index (χ0n) is 15.9. The van der Waals surface area contributed by atoms with Crippen molar-refractivity contribution in [2.24, 2.45) is 10.2 Å². The molecular formula is C24H22N4. The van der Waals surface area contributed by atoms with Crippen LogP contribution in [-0.2, 0) is 19.4 Å². The molecule has 0 saturated heterocycles. The van der Waals surface area contributed by atoms with Gasteiger partial charge in [0.15, 0.2) is 0 Å². The highest BCUT2D eigenvalue weighted by Gasteiger charge is 2.26. The van der Waals surface area contributed by atoms with Gasteiger partial charge in [0.05, 0.1) is 0 Å². The average molecular weight is 366 g/mol. The summed E-state index contributed by atoms with van der Waals surface area (Å²) in [5.74, 6) is 1.99. The van der Waals surface area contributed by atoms with Gasteiger partial charge in [-0.3, -0.25) is 0 Å². The van der Waals surface area contributed by atoms with Crippen molar-refractivity contribution in [2.75, 3.05) is 16.8 Å². The average Bonchev–Trinajstić information content (AvgIpc) is 3.25. The molecule has 0 saturated carbocycles. The quantitative estimate of drug-likeness (QED) is 0.632. The molecule has 0 bridgehead atoms. The predicted molar refractivity (Wildman–Crippen MR) is 116 cm³/mol.